The molecule has 11 heteroatoms. The lowest BCUT2D eigenvalue weighted by atomic mass is 10.1. The van der Waals surface area contributed by atoms with Crippen molar-refractivity contribution in [3.8, 4) is 11.3 Å². The van der Waals surface area contributed by atoms with Crippen molar-refractivity contribution in [3.05, 3.63) is 52.5 Å². The van der Waals surface area contributed by atoms with E-state index >= 15 is 0 Å². The minimum atomic E-state index is -4.49. The first kappa shape index (κ1) is 24.9. The molecule has 2 N–H and O–H groups in total. The number of fused-ring (bicyclic) bond motifs is 1. The number of nitrogens with zero attached hydrogens (tertiary/aromatic N) is 4. The molecule has 186 valence electrons. The van der Waals surface area contributed by atoms with E-state index in [4.69, 9.17) is 0 Å². The van der Waals surface area contributed by atoms with Crippen LogP contribution in [0.15, 0.2) is 36.4 Å². The number of anilines is 3. The lowest BCUT2D eigenvalue weighted by Gasteiger charge is -2.29. The van der Waals surface area contributed by atoms with Gasteiger partial charge in [0.2, 0.25) is 0 Å². The zero-order chi connectivity index (χ0) is 25.5. The number of aliphatic hydroxyl groups excluding tert-OH is 1. The molecule has 0 unspecified atom stereocenters. The molecule has 3 heterocycles. The van der Waals surface area contributed by atoms with Gasteiger partial charge in [-0.1, -0.05) is 12.1 Å². The minimum Gasteiger partial charge on any atom is -0.389 e. The number of pyridine rings is 1. The molecule has 0 aliphatic carbocycles. The molecule has 1 aliphatic heterocycles. The average molecular weight is 506 g/mol. The van der Waals surface area contributed by atoms with Crippen LogP contribution in [0, 0.1) is 13.8 Å². The summed E-state index contributed by atoms with van der Waals surface area (Å²) >= 11 is 1.33. The van der Waals surface area contributed by atoms with Gasteiger partial charge in [0.1, 0.15) is 0 Å². The maximum absolute atomic E-state index is 13.5. The summed E-state index contributed by atoms with van der Waals surface area (Å²) < 4.78 is 39.9. The summed E-state index contributed by atoms with van der Waals surface area (Å²) in [6.45, 7) is 8.19. The van der Waals surface area contributed by atoms with Crippen LogP contribution >= 0.6 is 11.3 Å². The Bertz CT molecular complexity index is 1230. The largest absolute Gasteiger partial charge is 0.416 e. The van der Waals surface area contributed by atoms with Crippen LogP contribution in [0.25, 0.3) is 11.3 Å². The Labute approximate surface area is 205 Å². The first-order valence-electron chi connectivity index (χ1n) is 11.2. The van der Waals surface area contributed by atoms with Gasteiger partial charge in [-0.05, 0) is 52.0 Å². The number of likely N-dealkylation sites (N-methyl/N-ethyl adjacent to an activating group) is 1. The second kappa shape index (κ2) is 9.46. The Morgan fingerprint density at radius 2 is 1.97 bits per heavy atom. The lowest BCUT2D eigenvalue weighted by Crippen LogP contribution is -2.48. The summed E-state index contributed by atoms with van der Waals surface area (Å²) in [6.07, 6.45) is -5.37. The Kier molecular flexibility index (Phi) is 6.74. The monoisotopic (exact) mass is 505 g/mol. The van der Waals surface area contributed by atoms with Crippen molar-refractivity contribution in [2.24, 2.45) is 0 Å². The topological polar surface area (TPSA) is 81.6 Å². The molecular weight excluding hydrogens is 479 g/mol. The Morgan fingerprint density at radius 1 is 1.23 bits per heavy atom. The quantitative estimate of drug-likeness (QED) is 0.494. The number of β-amino-alcohol motifs (C(OH)–C–C–N with tert-alkyl or cyclic N) is 1. The van der Waals surface area contributed by atoms with E-state index in [1.165, 1.54) is 22.3 Å². The Hall–Kier alpha value is -3.18. The van der Waals surface area contributed by atoms with Gasteiger partial charge in [-0.25, -0.2) is 14.8 Å². The van der Waals surface area contributed by atoms with Crippen LogP contribution in [-0.2, 0) is 6.18 Å². The Morgan fingerprint density at radius 3 is 2.60 bits per heavy atom. The van der Waals surface area contributed by atoms with Gasteiger partial charge < -0.3 is 10.0 Å². The highest BCUT2D eigenvalue weighted by Gasteiger charge is 2.36. The summed E-state index contributed by atoms with van der Waals surface area (Å²) in [5, 5.41) is 14.1. The van der Waals surface area contributed by atoms with E-state index in [0.29, 0.717) is 17.4 Å². The van der Waals surface area contributed by atoms with Crippen LogP contribution < -0.4 is 15.1 Å². The number of alkyl halides is 3. The van der Waals surface area contributed by atoms with Crippen LogP contribution in [0.2, 0.25) is 0 Å². The molecule has 35 heavy (non-hydrogen) atoms. The van der Waals surface area contributed by atoms with E-state index in [-0.39, 0.29) is 23.6 Å². The number of carbonyl (C=O) groups excluding carboxylic acids is 1. The van der Waals surface area contributed by atoms with Gasteiger partial charge in [-0.15, -0.1) is 11.3 Å². The number of carbonyl (C=O) groups is 1. The summed E-state index contributed by atoms with van der Waals surface area (Å²) in [7, 11) is 0. The number of halogens is 3. The van der Waals surface area contributed by atoms with Crippen LogP contribution in [0.5, 0.6) is 0 Å². The molecule has 0 radical (unpaired) electrons. The number of aryl methyl sites for hydroxylation is 2. The molecule has 2 aromatic heterocycles. The van der Waals surface area contributed by atoms with E-state index in [0.717, 1.165) is 22.7 Å². The van der Waals surface area contributed by atoms with Gasteiger partial charge in [0.05, 0.1) is 34.8 Å². The number of hydrogen-bond donors (Lipinski definition) is 2. The third kappa shape index (κ3) is 4.96. The summed E-state index contributed by atoms with van der Waals surface area (Å²) in [5.41, 5.74) is 1.18. The third-order valence-corrected chi connectivity index (χ3v) is 7.11. The smallest absolute Gasteiger partial charge is 0.389 e. The van der Waals surface area contributed by atoms with Gasteiger partial charge in [-0.3, -0.25) is 10.2 Å². The molecule has 3 aromatic rings. The fourth-order valence-corrected chi connectivity index (χ4v) is 4.79. The molecule has 0 saturated carbocycles. The van der Waals surface area contributed by atoms with E-state index in [2.05, 4.69) is 15.3 Å². The number of nitrogens with one attached hydrogen (secondary N) is 1. The molecule has 4 rings (SSSR count). The van der Waals surface area contributed by atoms with Crippen molar-refractivity contribution in [3.63, 3.8) is 0 Å². The summed E-state index contributed by atoms with van der Waals surface area (Å²) in [5.74, 6) is 0.258. The van der Waals surface area contributed by atoms with Gasteiger partial charge >= 0.3 is 12.2 Å². The highest BCUT2D eigenvalue weighted by Crippen LogP contribution is 2.37. The van der Waals surface area contributed by atoms with Crippen molar-refractivity contribution in [1.82, 2.24) is 9.97 Å². The van der Waals surface area contributed by atoms with E-state index in [1.807, 2.05) is 25.7 Å². The van der Waals surface area contributed by atoms with Crippen molar-refractivity contribution < 1.29 is 23.1 Å². The molecule has 0 saturated heterocycles. The first-order chi connectivity index (χ1) is 16.5. The number of amides is 2. The van der Waals surface area contributed by atoms with Gasteiger partial charge in [0.15, 0.2) is 10.9 Å². The lowest BCUT2D eigenvalue weighted by molar-refractivity contribution is -0.137. The van der Waals surface area contributed by atoms with Crippen molar-refractivity contribution >= 4 is 34.0 Å². The van der Waals surface area contributed by atoms with Crippen molar-refractivity contribution in [1.29, 1.82) is 0 Å². The molecular formula is C24H26F3N5O2S. The second-order valence-corrected chi connectivity index (χ2v) is 9.63. The van der Waals surface area contributed by atoms with Gasteiger partial charge in [0.25, 0.3) is 0 Å². The number of aliphatic hydroxyl groups is 1. The molecule has 0 fully saturated rings. The van der Waals surface area contributed by atoms with Gasteiger partial charge in [0, 0.05) is 23.5 Å². The second-order valence-electron chi connectivity index (χ2n) is 8.43. The minimum absolute atomic E-state index is 0.258. The van der Waals surface area contributed by atoms with Crippen LogP contribution in [-0.4, -0.2) is 46.3 Å². The fraction of sp³-hybridized carbons (Fsp3) is 0.375. The zero-order valence-corrected chi connectivity index (χ0v) is 20.5. The number of aromatic nitrogens is 2. The standard InChI is InChI=1S/C24H26F3N5O2S/c1-5-31-12-20(33)14(3)32(23(34)30-22-28-13(2)15(4)35-22)21-19(31)10-9-18(29-21)16-7-6-8-17(11-16)24(25,26)27/h6-11,14,20,33H,5,12H2,1-4H3,(H,28,30,34)/t14-,20-/m1/s1. The molecule has 7 nitrogen and oxygen atoms in total. The number of urea groups is 1. The van der Waals surface area contributed by atoms with E-state index < -0.39 is 29.9 Å². The molecule has 2 amide bonds. The molecule has 2 atom stereocenters. The molecule has 0 bridgehead atoms. The molecule has 1 aliphatic rings. The highest BCUT2D eigenvalue weighted by molar-refractivity contribution is 7.15. The first-order valence-corrected chi connectivity index (χ1v) is 12.0. The highest BCUT2D eigenvalue weighted by atomic mass is 32.1. The fourth-order valence-electron chi connectivity index (χ4n) is 3.98. The SMILES string of the molecule is CCN1C[C@@H](O)[C@@H](C)N(C(=O)Nc2nc(C)c(C)s2)c2nc(-c3cccc(C(F)(F)F)c3)ccc21. The average Bonchev–Trinajstić information content (AvgIpc) is 3.07. The van der Waals surface area contributed by atoms with Crippen molar-refractivity contribution in [2.45, 2.75) is 46.0 Å². The van der Waals surface area contributed by atoms with Crippen LogP contribution in [0.1, 0.15) is 30.0 Å². The van der Waals surface area contributed by atoms with Gasteiger partial charge in [-0.2, -0.15) is 13.2 Å². The molecule has 1 aromatic carbocycles. The maximum atomic E-state index is 13.5. The summed E-state index contributed by atoms with van der Waals surface area (Å²) in [6, 6.07) is 7.08. The number of hydrogen-bond acceptors (Lipinski definition) is 6. The van der Waals surface area contributed by atoms with E-state index in [1.54, 1.807) is 25.1 Å². The summed E-state index contributed by atoms with van der Waals surface area (Å²) in [4.78, 5) is 26.7. The third-order valence-electron chi connectivity index (χ3n) is 6.12. The predicted molar refractivity (Wildman–Crippen MR) is 131 cm³/mol. The molecule has 0 spiro atoms. The zero-order valence-electron chi connectivity index (χ0n) is 19.7. The van der Waals surface area contributed by atoms with Crippen LogP contribution in [0.4, 0.5) is 34.6 Å². The maximum Gasteiger partial charge on any atom is 0.416 e. The van der Waals surface area contributed by atoms with Crippen molar-refractivity contribution in [2.75, 3.05) is 28.2 Å². The number of rotatable bonds is 3. The van der Waals surface area contributed by atoms with Crippen LogP contribution in [0.3, 0.4) is 0 Å². The van der Waals surface area contributed by atoms with E-state index in [9.17, 15) is 23.1 Å². The predicted octanol–water partition coefficient (Wildman–Crippen LogP) is 5.47. The number of benzene rings is 1. The normalized spacial score (nSPS) is 18.3. The Balaban J connectivity index is 1.81. The number of thiazole rings is 1.